The lowest BCUT2D eigenvalue weighted by atomic mass is 10.1. The molecule has 1 aliphatic rings. The second-order valence-electron chi connectivity index (χ2n) is 5.41. The van der Waals surface area contributed by atoms with Crippen LogP contribution in [-0.4, -0.2) is 28.5 Å². The molecular weight excluding hydrogens is 290 g/mol. The van der Waals surface area contributed by atoms with E-state index in [1.54, 1.807) is 31.7 Å². The fourth-order valence-electron chi connectivity index (χ4n) is 2.13. The van der Waals surface area contributed by atoms with Crippen molar-refractivity contribution in [1.82, 2.24) is 5.32 Å². The molecule has 2 N–H and O–H groups in total. The topological polar surface area (TPSA) is 84.3 Å². The SMILES string of the molecule is CSC1(CNC(=O)Nc2cc(C)c([N+](=O)[O-])cc2C)CC1. The molecule has 0 spiro atoms. The molecule has 1 aromatic rings. The Morgan fingerprint density at radius 1 is 1.38 bits per heavy atom. The number of hydrogen-bond acceptors (Lipinski definition) is 4. The van der Waals surface area contributed by atoms with Gasteiger partial charge in [0.25, 0.3) is 5.69 Å². The Kier molecular flexibility index (Phi) is 4.41. The van der Waals surface area contributed by atoms with E-state index in [0.29, 0.717) is 23.4 Å². The summed E-state index contributed by atoms with van der Waals surface area (Å²) in [7, 11) is 0. The number of thioether (sulfide) groups is 1. The molecule has 1 saturated carbocycles. The van der Waals surface area contributed by atoms with E-state index in [1.807, 2.05) is 0 Å². The minimum atomic E-state index is -0.415. The zero-order valence-electron chi connectivity index (χ0n) is 12.4. The summed E-state index contributed by atoms with van der Waals surface area (Å²) in [6.45, 7) is 4.05. The lowest BCUT2D eigenvalue weighted by Gasteiger charge is -2.15. The third-order valence-corrected chi connectivity index (χ3v) is 5.22. The number of carbonyl (C=O) groups is 1. The molecule has 2 amide bonds. The first-order valence-corrected chi connectivity index (χ1v) is 7.95. The standard InChI is InChI=1S/C14H19N3O3S/c1-9-7-12(17(19)20)10(2)6-11(9)16-13(18)15-8-14(21-3)4-5-14/h6-7H,4-5,8H2,1-3H3,(H2,15,16,18). The van der Waals surface area contributed by atoms with Crippen molar-refractivity contribution < 1.29 is 9.72 Å². The van der Waals surface area contributed by atoms with Crippen molar-refractivity contribution in [3.8, 4) is 0 Å². The summed E-state index contributed by atoms with van der Waals surface area (Å²) in [5, 5.41) is 16.5. The van der Waals surface area contributed by atoms with Crippen molar-refractivity contribution in [3.63, 3.8) is 0 Å². The second kappa shape index (κ2) is 5.93. The van der Waals surface area contributed by atoms with Gasteiger partial charge in [0.2, 0.25) is 0 Å². The first kappa shape index (κ1) is 15.6. The summed E-state index contributed by atoms with van der Waals surface area (Å²) in [5.41, 5.74) is 1.87. The Labute approximate surface area is 127 Å². The molecule has 0 bridgehead atoms. The Balaban J connectivity index is 2.00. The van der Waals surface area contributed by atoms with Gasteiger partial charge < -0.3 is 10.6 Å². The lowest BCUT2D eigenvalue weighted by molar-refractivity contribution is -0.385. The minimum absolute atomic E-state index is 0.0674. The number of anilines is 1. The molecular formula is C14H19N3O3S. The van der Waals surface area contributed by atoms with Gasteiger partial charge in [0.15, 0.2) is 0 Å². The van der Waals surface area contributed by atoms with Crippen molar-refractivity contribution in [2.75, 3.05) is 18.1 Å². The van der Waals surface area contributed by atoms with Crippen molar-refractivity contribution >= 4 is 29.2 Å². The van der Waals surface area contributed by atoms with E-state index >= 15 is 0 Å². The number of hydrogen-bond donors (Lipinski definition) is 2. The number of nitro groups is 1. The van der Waals surface area contributed by atoms with Gasteiger partial charge in [-0.1, -0.05) is 0 Å². The number of nitrogens with zero attached hydrogens (tertiary/aromatic N) is 1. The lowest BCUT2D eigenvalue weighted by Crippen LogP contribution is -2.35. The van der Waals surface area contributed by atoms with E-state index in [1.165, 1.54) is 6.07 Å². The molecule has 2 rings (SSSR count). The number of aryl methyl sites for hydroxylation is 2. The molecule has 1 aliphatic carbocycles. The van der Waals surface area contributed by atoms with E-state index < -0.39 is 4.92 Å². The highest BCUT2D eigenvalue weighted by Gasteiger charge is 2.41. The van der Waals surface area contributed by atoms with E-state index in [0.717, 1.165) is 12.8 Å². The second-order valence-corrected chi connectivity index (χ2v) is 6.68. The molecule has 0 aliphatic heterocycles. The first-order valence-electron chi connectivity index (χ1n) is 6.72. The van der Waals surface area contributed by atoms with Gasteiger partial charge in [0, 0.05) is 28.6 Å². The molecule has 7 heteroatoms. The normalized spacial score (nSPS) is 15.4. The van der Waals surface area contributed by atoms with Gasteiger partial charge in [0.1, 0.15) is 0 Å². The number of rotatable bonds is 5. The largest absolute Gasteiger partial charge is 0.336 e. The smallest absolute Gasteiger partial charge is 0.319 e. The maximum atomic E-state index is 11.9. The predicted octanol–water partition coefficient (Wildman–Crippen LogP) is 3.23. The van der Waals surface area contributed by atoms with Gasteiger partial charge >= 0.3 is 6.03 Å². The average molecular weight is 309 g/mol. The Morgan fingerprint density at radius 2 is 2.05 bits per heavy atom. The fourth-order valence-corrected chi connectivity index (χ4v) is 2.86. The van der Waals surface area contributed by atoms with Crippen LogP contribution in [0.15, 0.2) is 12.1 Å². The number of urea groups is 1. The van der Waals surface area contributed by atoms with Crippen molar-refractivity contribution in [3.05, 3.63) is 33.4 Å². The Bertz CT molecular complexity index is 585. The van der Waals surface area contributed by atoms with Crippen LogP contribution in [-0.2, 0) is 0 Å². The molecule has 1 aromatic carbocycles. The number of nitro benzene ring substituents is 1. The zero-order valence-corrected chi connectivity index (χ0v) is 13.2. The van der Waals surface area contributed by atoms with Crippen LogP contribution in [0.3, 0.4) is 0 Å². The molecule has 0 heterocycles. The maximum absolute atomic E-state index is 11.9. The fraction of sp³-hybridized carbons (Fsp3) is 0.500. The van der Waals surface area contributed by atoms with Gasteiger partial charge in [-0.2, -0.15) is 11.8 Å². The first-order chi connectivity index (χ1) is 9.87. The van der Waals surface area contributed by atoms with E-state index in [2.05, 4.69) is 16.9 Å². The molecule has 0 radical (unpaired) electrons. The van der Waals surface area contributed by atoms with Crippen LogP contribution in [0, 0.1) is 24.0 Å². The van der Waals surface area contributed by atoms with Gasteiger partial charge in [0.05, 0.1) is 4.92 Å². The summed E-state index contributed by atoms with van der Waals surface area (Å²) in [6.07, 6.45) is 4.31. The number of carbonyl (C=O) groups excluding carboxylic acids is 1. The molecule has 0 aromatic heterocycles. The van der Waals surface area contributed by atoms with Crippen molar-refractivity contribution in [1.29, 1.82) is 0 Å². The summed E-state index contributed by atoms with van der Waals surface area (Å²) in [6, 6.07) is 2.84. The van der Waals surface area contributed by atoms with E-state index in [9.17, 15) is 14.9 Å². The van der Waals surface area contributed by atoms with Gasteiger partial charge in [-0.15, -0.1) is 0 Å². The van der Waals surface area contributed by atoms with Crippen LogP contribution in [0.5, 0.6) is 0 Å². The van der Waals surface area contributed by atoms with E-state index in [4.69, 9.17) is 0 Å². The molecule has 6 nitrogen and oxygen atoms in total. The highest BCUT2D eigenvalue weighted by molar-refractivity contribution is 8.00. The van der Waals surface area contributed by atoms with Crippen molar-refractivity contribution in [2.45, 2.75) is 31.4 Å². The number of nitrogens with one attached hydrogen (secondary N) is 2. The third kappa shape index (κ3) is 3.66. The number of amides is 2. The summed E-state index contributed by atoms with van der Waals surface area (Å²) < 4.78 is 0.206. The monoisotopic (exact) mass is 309 g/mol. The van der Waals surface area contributed by atoms with E-state index in [-0.39, 0.29) is 16.5 Å². The molecule has 114 valence electrons. The summed E-state index contributed by atoms with van der Waals surface area (Å²) in [4.78, 5) is 22.4. The van der Waals surface area contributed by atoms with Crippen LogP contribution in [0.2, 0.25) is 0 Å². The maximum Gasteiger partial charge on any atom is 0.319 e. The quantitative estimate of drug-likeness (QED) is 0.646. The number of benzene rings is 1. The zero-order chi connectivity index (χ0) is 15.6. The Morgan fingerprint density at radius 3 is 2.57 bits per heavy atom. The molecule has 0 atom stereocenters. The van der Waals surface area contributed by atoms with Crippen LogP contribution < -0.4 is 10.6 Å². The van der Waals surface area contributed by atoms with Crippen LogP contribution >= 0.6 is 11.8 Å². The van der Waals surface area contributed by atoms with Crippen LogP contribution in [0.25, 0.3) is 0 Å². The highest BCUT2D eigenvalue weighted by atomic mass is 32.2. The van der Waals surface area contributed by atoms with Crippen LogP contribution in [0.1, 0.15) is 24.0 Å². The summed E-state index contributed by atoms with van der Waals surface area (Å²) >= 11 is 1.78. The molecule has 0 unspecified atom stereocenters. The third-order valence-electron chi connectivity index (χ3n) is 3.80. The van der Waals surface area contributed by atoms with Crippen molar-refractivity contribution in [2.24, 2.45) is 0 Å². The molecule has 21 heavy (non-hydrogen) atoms. The minimum Gasteiger partial charge on any atom is -0.336 e. The Hall–Kier alpha value is -1.76. The van der Waals surface area contributed by atoms with Gasteiger partial charge in [-0.25, -0.2) is 4.79 Å². The van der Waals surface area contributed by atoms with Gasteiger partial charge in [-0.3, -0.25) is 10.1 Å². The van der Waals surface area contributed by atoms with Gasteiger partial charge in [-0.05, 0) is 44.6 Å². The molecule has 0 saturated heterocycles. The molecule has 1 fully saturated rings. The van der Waals surface area contributed by atoms with Crippen LogP contribution in [0.4, 0.5) is 16.2 Å². The predicted molar refractivity (Wildman–Crippen MR) is 85.1 cm³/mol. The highest BCUT2D eigenvalue weighted by Crippen LogP contribution is 2.46. The average Bonchev–Trinajstić information content (AvgIpc) is 3.20. The summed E-state index contributed by atoms with van der Waals surface area (Å²) in [5.74, 6) is 0.